The van der Waals surface area contributed by atoms with E-state index in [1.165, 1.54) is 4.31 Å². The summed E-state index contributed by atoms with van der Waals surface area (Å²) in [5.41, 5.74) is 0.993. The fourth-order valence-corrected chi connectivity index (χ4v) is 4.07. The number of aliphatic imine (C=N–C) groups is 1. The van der Waals surface area contributed by atoms with E-state index in [1.54, 1.807) is 26.2 Å². The molecule has 0 aromatic heterocycles. The first-order valence-corrected chi connectivity index (χ1v) is 10.1. The molecular weight excluding hydrogens is 336 g/mol. The molecule has 25 heavy (non-hydrogen) atoms. The van der Waals surface area contributed by atoms with Crippen molar-refractivity contribution in [2.45, 2.75) is 38.6 Å². The molecule has 1 heterocycles. The summed E-state index contributed by atoms with van der Waals surface area (Å²) in [7, 11) is -0.381. The van der Waals surface area contributed by atoms with E-state index < -0.39 is 10.0 Å². The lowest BCUT2D eigenvalue weighted by Crippen LogP contribution is -2.40. The maximum absolute atomic E-state index is 12.5. The normalized spacial score (nSPS) is 18.0. The number of guanidine groups is 1. The first-order chi connectivity index (χ1) is 11.7. The summed E-state index contributed by atoms with van der Waals surface area (Å²) in [6.07, 6.45) is 1.13. The van der Waals surface area contributed by atoms with E-state index in [4.69, 9.17) is 4.99 Å². The van der Waals surface area contributed by atoms with Crippen LogP contribution in [0.15, 0.2) is 34.2 Å². The molecule has 1 N–H and O–H groups in total. The first kappa shape index (κ1) is 19.7. The van der Waals surface area contributed by atoms with Gasteiger partial charge in [-0.1, -0.05) is 32.0 Å². The van der Waals surface area contributed by atoms with Crippen LogP contribution in [0.2, 0.25) is 0 Å². The molecule has 1 aliphatic heterocycles. The standard InChI is InChI=1S/C18H30N4O2S/c1-6-19-17(22-12-11-18(2,3)14-22)20-13-15-9-7-8-10-16(15)25(23,24)21(4)5/h7-10H,6,11-14H2,1-5H3,(H,19,20). The molecule has 140 valence electrons. The third-order valence-corrected chi connectivity index (χ3v) is 6.36. The lowest BCUT2D eigenvalue weighted by molar-refractivity contribution is 0.370. The van der Waals surface area contributed by atoms with Crippen molar-refractivity contribution in [1.82, 2.24) is 14.5 Å². The highest BCUT2D eigenvalue weighted by Gasteiger charge is 2.31. The van der Waals surface area contributed by atoms with Gasteiger partial charge in [-0.3, -0.25) is 0 Å². The first-order valence-electron chi connectivity index (χ1n) is 8.71. The minimum absolute atomic E-state index is 0.280. The molecule has 0 saturated carbocycles. The van der Waals surface area contributed by atoms with Crippen LogP contribution in [0.5, 0.6) is 0 Å². The minimum Gasteiger partial charge on any atom is -0.357 e. The highest BCUT2D eigenvalue weighted by atomic mass is 32.2. The van der Waals surface area contributed by atoms with E-state index in [1.807, 2.05) is 19.1 Å². The molecule has 1 aromatic rings. The topological polar surface area (TPSA) is 65.0 Å². The predicted molar refractivity (Wildman–Crippen MR) is 102 cm³/mol. The smallest absolute Gasteiger partial charge is 0.242 e. The van der Waals surface area contributed by atoms with Crippen LogP contribution < -0.4 is 5.32 Å². The van der Waals surface area contributed by atoms with E-state index in [9.17, 15) is 8.42 Å². The van der Waals surface area contributed by atoms with Crippen molar-refractivity contribution >= 4 is 16.0 Å². The third-order valence-electron chi connectivity index (χ3n) is 4.44. The van der Waals surface area contributed by atoms with Gasteiger partial charge in [0.05, 0.1) is 11.4 Å². The fourth-order valence-electron chi connectivity index (χ4n) is 2.96. The van der Waals surface area contributed by atoms with Gasteiger partial charge in [0, 0.05) is 33.7 Å². The molecule has 0 radical (unpaired) electrons. The SMILES string of the molecule is CCNC(=NCc1ccccc1S(=O)(=O)N(C)C)N1CCC(C)(C)C1. The quantitative estimate of drug-likeness (QED) is 0.640. The van der Waals surface area contributed by atoms with Crippen molar-refractivity contribution in [2.24, 2.45) is 10.4 Å². The summed E-state index contributed by atoms with van der Waals surface area (Å²) in [5, 5.41) is 3.33. The third kappa shape index (κ3) is 4.73. The van der Waals surface area contributed by atoms with Crippen molar-refractivity contribution in [3.63, 3.8) is 0 Å². The Hall–Kier alpha value is -1.60. The zero-order valence-corrected chi connectivity index (χ0v) is 16.7. The van der Waals surface area contributed by atoms with E-state index in [0.29, 0.717) is 17.0 Å². The second-order valence-corrected chi connectivity index (χ2v) is 9.52. The van der Waals surface area contributed by atoms with Gasteiger partial charge in [0.2, 0.25) is 10.0 Å². The number of hydrogen-bond acceptors (Lipinski definition) is 3. The summed E-state index contributed by atoms with van der Waals surface area (Å²) in [6.45, 7) is 9.61. The monoisotopic (exact) mass is 366 g/mol. The lowest BCUT2D eigenvalue weighted by Gasteiger charge is -2.24. The van der Waals surface area contributed by atoms with Crippen molar-refractivity contribution in [2.75, 3.05) is 33.7 Å². The Morgan fingerprint density at radius 2 is 2.00 bits per heavy atom. The molecule has 6 nitrogen and oxygen atoms in total. The molecule has 2 rings (SSSR count). The van der Waals surface area contributed by atoms with Crippen molar-refractivity contribution < 1.29 is 8.42 Å². The number of hydrogen-bond donors (Lipinski definition) is 1. The van der Waals surface area contributed by atoms with Crippen LogP contribution in [-0.4, -0.2) is 57.3 Å². The van der Waals surface area contributed by atoms with Gasteiger partial charge in [-0.2, -0.15) is 0 Å². The average Bonchev–Trinajstić information content (AvgIpc) is 2.91. The van der Waals surface area contributed by atoms with Gasteiger partial charge in [-0.15, -0.1) is 0 Å². The van der Waals surface area contributed by atoms with Crippen molar-refractivity contribution in [3.05, 3.63) is 29.8 Å². The Morgan fingerprint density at radius 1 is 1.32 bits per heavy atom. The highest BCUT2D eigenvalue weighted by Crippen LogP contribution is 2.29. The van der Waals surface area contributed by atoms with E-state index in [-0.39, 0.29) is 5.41 Å². The van der Waals surface area contributed by atoms with Crippen LogP contribution in [-0.2, 0) is 16.6 Å². The van der Waals surface area contributed by atoms with Crippen LogP contribution in [0.4, 0.5) is 0 Å². The van der Waals surface area contributed by atoms with Gasteiger partial charge >= 0.3 is 0 Å². The molecule has 0 unspecified atom stereocenters. The molecule has 0 bridgehead atoms. The van der Waals surface area contributed by atoms with Crippen LogP contribution in [0.25, 0.3) is 0 Å². The van der Waals surface area contributed by atoms with Crippen LogP contribution >= 0.6 is 0 Å². The molecule has 0 amide bonds. The highest BCUT2D eigenvalue weighted by molar-refractivity contribution is 7.89. The van der Waals surface area contributed by atoms with Gasteiger partial charge in [-0.25, -0.2) is 17.7 Å². The molecule has 1 aromatic carbocycles. The Morgan fingerprint density at radius 3 is 2.56 bits per heavy atom. The van der Waals surface area contributed by atoms with Crippen molar-refractivity contribution in [1.29, 1.82) is 0 Å². The lowest BCUT2D eigenvalue weighted by atomic mass is 9.93. The zero-order valence-electron chi connectivity index (χ0n) is 15.9. The summed E-state index contributed by atoms with van der Waals surface area (Å²) < 4.78 is 26.3. The minimum atomic E-state index is -3.48. The molecule has 1 fully saturated rings. The van der Waals surface area contributed by atoms with Gasteiger partial charge in [0.1, 0.15) is 0 Å². The van der Waals surface area contributed by atoms with E-state index in [0.717, 1.165) is 32.0 Å². The maximum atomic E-state index is 12.5. The van der Waals surface area contributed by atoms with E-state index in [2.05, 4.69) is 24.1 Å². The molecule has 1 saturated heterocycles. The summed E-state index contributed by atoms with van der Waals surface area (Å²) >= 11 is 0. The van der Waals surface area contributed by atoms with E-state index >= 15 is 0 Å². The molecular formula is C18H30N4O2S. The van der Waals surface area contributed by atoms with Crippen LogP contribution in [0, 0.1) is 5.41 Å². The van der Waals surface area contributed by atoms with Crippen LogP contribution in [0.3, 0.4) is 0 Å². The number of sulfonamides is 1. The largest absolute Gasteiger partial charge is 0.357 e. The average molecular weight is 367 g/mol. The van der Waals surface area contributed by atoms with Gasteiger partial charge in [0.25, 0.3) is 0 Å². The van der Waals surface area contributed by atoms with Gasteiger partial charge in [-0.05, 0) is 30.4 Å². The second kappa shape index (κ2) is 7.74. The molecule has 1 aliphatic rings. The van der Waals surface area contributed by atoms with Crippen molar-refractivity contribution in [3.8, 4) is 0 Å². The number of nitrogens with one attached hydrogen (secondary N) is 1. The number of nitrogens with zero attached hydrogens (tertiary/aromatic N) is 3. The van der Waals surface area contributed by atoms with Crippen LogP contribution in [0.1, 0.15) is 32.8 Å². The number of likely N-dealkylation sites (tertiary alicyclic amines) is 1. The maximum Gasteiger partial charge on any atom is 0.242 e. The molecule has 0 atom stereocenters. The molecule has 0 spiro atoms. The summed E-state index contributed by atoms with van der Waals surface area (Å²) in [4.78, 5) is 7.29. The second-order valence-electron chi connectivity index (χ2n) is 7.40. The fraction of sp³-hybridized carbons (Fsp3) is 0.611. The predicted octanol–water partition coefficient (Wildman–Crippen LogP) is 2.13. The Bertz CT molecular complexity index is 726. The Labute approximate surface area is 152 Å². The van der Waals surface area contributed by atoms with Gasteiger partial charge < -0.3 is 10.2 Å². The molecule has 0 aliphatic carbocycles. The summed E-state index contributed by atoms with van der Waals surface area (Å²) in [5.74, 6) is 0.852. The number of rotatable bonds is 5. The Balaban J connectivity index is 2.27. The molecule has 7 heteroatoms. The zero-order chi connectivity index (χ0) is 18.7. The number of benzene rings is 1. The summed E-state index contributed by atoms with van der Waals surface area (Å²) in [6, 6.07) is 7.08. The van der Waals surface area contributed by atoms with Gasteiger partial charge in [0.15, 0.2) is 5.96 Å². The Kier molecular flexibility index (Phi) is 6.11.